The molecule has 0 N–H and O–H groups in total. The maximum absolute atomic E-state index is 12.7. The first kappa shape index (κ1) is 16.9. The second kappa shape index (κ2) is 6.99. The molecule has 0 aliphatic carbocycles. The molecule has 0 saturated heterocycles. The molecule has 0 aliphatic rings. The van der Waals surface area contributed by atoms with E-state index in [4.69, 9.17) is 0 Å². The molecule has 3 heterocycles. The summed E-state index contributed by atoms with van der Waals surface area (Å²) in [7, 11) is 3.94. The topological polar surface area (TPSA) is 63.9 Å². The number of fused-ring (bicyclic) bond motifs is 1. The fraction of sp³-hybridized carbons (Fsp3) is 0.143. The van der Waals surface area contributed by atoms with Crippen molar-refractivity contribution < 1.29 is 0 Å². The SMILES string of the molecule is CN(C)c1cc(-c2cccc(Cn3cnc4ncccc4c3=O)c2)ccn1. The Balaban J connectivity index is 1.69. The van der Waals surface area contributed by atoms with Crippen molar-refractivity contribution in [1.29, 1.82) is 0 Å². The van der Waals surface area contributed by atoms with Gasteiger partial charge in [0, 0.05) is 26.5 Å². The smallest absolute Gasteiger partial charge is 0.263 e. The van der Waals surface area contributed by atoms with Gasteiger partial charge in [0.1, 0.15) is 12.1 Å². The van der Waals surface area contributed by atoms with Gasteiger partial charge in [-0.25, -0.2) is 15.0 Å². The van der Waals surface area contributed by atoms with Crippen LogP contribution in [0.5, 0.6) is 0 Å². The Hall–Kier alpha value is -3.54. The summed E-state index contributed by atoms with van der Waals surface area (Å²) in [6.07, 6.45) is 5.00. The summed E-state index contributed by atoms with van der Waals surface area (Å²) in [5, 5.41) is 0.529. The van der Waals surface area contributed by atoms with Gasteiger partial charge in [0.2, 0.25) is 0 Å². The van der Waals surface area contributed by atoms with Crippen LogP contribution in [0.2, 0.25) is 0 Å². The number of nitrogens with zero attached hydrogens (tertiary/aromatic N) is 5. The van der Waals surface area contributed by atoms with Gasteiger partial charge in [-0.2, -0.15) is 0 Å². The summed E-state index contributed by atoms with van der Waals surface area (Å²) < 4.78 is 1.61. The standard InChI is InChI=1S/C21H19N5O/c1-25(2)19-12-17(8-10-22-19)16-6-3-5-15(11-16)13-26-14-24-20-18(21(26)27)7-4-9-23-20/h3-12,14H,13H2,1-2H3. The van der Waals surface area contributed by atoms with Crippen LogP contribution in [-0.2, 0) is 6.54 Å². The van der Waals surface area contributed by atoms with E-state index in [-0.39, 0.29) is 5.56 Å². The van der Waals surface area contributed by atoms with Crippen LogP contribution in [0.1, 0.15) is 5.56 Å². The monoisotopic (exact) mass is 357 g/mol. The Morgan fingerprint density at radius 3 is 2.63 bits per heavy atom. The lowest BCUT2D eigenvalue weighted by Crippen LogP contribution is -2.21. The quantitative estimate of drug-likeness (QED) is 0.562. The molecule has 0 unspecified atom stereocenters. The molecule has 27 heavy (non-hydrogen) atoms. The molecule has 0 atom stereocenters. The first-order valence-electron chi connectivity index (χ1n) is 8.65. The van der Waals surface area contributed by atoms with Gasteiger partial charge in [-0.15, -0.1) is 0 Å². The van der Waals surface area contributed by atoms with E-state index in [1.54, 1.807) is 29.2 Å². The van der Waals surface area contributed by atoms with E-state index < -0.39 is 0 Å². The van der Waals surface area contributed by atoms with Crippen molar-refractivity contribution in [2.24, 2.45) is 0 Å². The maximum atomic E-state index is 12.7. The normalized spacial score (nSPS) is 10.9. The highest BCUT2D eigenvalue weighted by Gasteiger charge is 2.07. The highest BCUT2D eigenvalue weighted by molar-refractivity contribution is 5.72. The molecular formula is C21H19N5O. The van der Waals surface area contributed by atoms with E-state index in [2.05, 4.69) is 33.2 Å². The molecule has 0 saturated carbocycles. The average molecular weight is 357 g/mol. The summed E-state index contributed by atoms with van der Waals surface area (Å²) in [6, 6.07) is 15.7. The zero-order chi connectivity index (χ0) is 18.8. The van der Waals surface area contributed by atoms with Gasteiger partial charge >= 0.3 is 0 Å². The van der Waals surface area contributed by atoms with E-state index in [0.717, 1.165) is 22.5 Å². The zero-order valence-electron chi connectivity index (χ0n) is 15.2. The van der Waals surface area contributed by atoms with Gasteiger partial charge in [0.15, 0.2) is 5.65 Å². The third-order valence-electron chi connectivity index (χ3n) is 4.41. The van der Waals surface area contributed by atoms with Gasteiger partial charge in [0.05, 0.1) is 11.9 Å². The van der Waals surface area contributed by atoms with Crippen molar-refractivity contribution in [2.75, 3.05) is 19.0 Å². The number of hydrogen-bond acceptors (Lipinski definition) is 5. The molecule has 3 aromatic heterocycles. The number of hydrogen-bond donors (Lipinski definition) is 0. The molecule has 1 aromatic carbocycles. The lowest BCUT2D eigenvalue weighted by atomic mass is 10.0. The Kier molecular flexibility index (Phi) is 4.38. The number of aromatic nitrogens is 4. The van der Waals surface area contributed by atoms with Crippen molar-refractivity contribution in [1.82, 2.24) is 19.5 Å². The summed E-state index contributed by atoms with van der Waals surface area (Å²) in [5.74, 6) is 0.903. The molecule has 6 heteroatoms. The molecule has 0 fully saturated rings. The van der Waals surface area contributed by atoms with E-state index in [9.17, 15) is 4.79 Å². The van der Waals surface area contributed by atoms with Crippen LogP contribution in [0, 0.1) is 0 Å². The highest BCUT2D eigenvalue weighted by Crippen LogP contribution is 2.23. The number of anilines is 1. The first-order valence-corrected chi connectivity index (χ1v) is 8.65. The lowest BCUT2D eigenvalue weighted by molar-refractivity contribution is 0.747. The van der Waals surface area contributed by atoms with E-state index >= 15 is 0 Å². The molecule has 134 valence electrons. The summed E-state index contributed by atoms with van der Waals surface area (Å²) in [5.41, 5.74) is 3.59. The number of rotatable bonds is 4. The second-order valence-electron chi connectivity index (χ2n) is 6.55. The van der Waals surface area contributed by atoms with Crippen LogP contribution in [0.4, 0.5) is 5.82 Å². The predicted octanol–water partition coefficient (Wildman–Crippen LogP) is 2.97. The van der Waals surface area contributed by atoms with Gasteiger partial charge < -0.3 is 4.90 Å². The number of benzene rings is 1. The summed E-state index contributed by atoms with van der Waals surface area (Å²) >= 11 is 0. The van der Waals surface area contributed by atoms with Crippen LogP contribution >= 0.6 is 0 Å². The number of pyridine rings is 2. The fourth-order valence-corrected chi connectivity index (χ4v) is 3.00. The van der Waals surface area contributed by atoms with Crippen LogP contribution in [0.25, 0.3) is 22.2 Å². The third-order valence-corrected chi connectivity index (χ3v) is 4.41. The van der Waals surface area contributed by atoms with Crippen LogP contribution in [-0.4, -0.2) is 33.6 Å². The molecule has 0 amide bonds. The second-order valence-corrected chi connectivity index (χ2v) is 6.55. The van der Waals surface area contributed by atoms with Gasteiger partial charge in [-0.05, 0) is 47.0 Å². The molecule has 0 aliphatic heterocycles. The lowest BCUT2D eigenvalue weighted by Gasteiger charge is -2.13. The van der Waals surface area contributed by atoms with E-state index in [1.807, 2.05) is 43.4 Å². The van der Waals surface area contributed by atoms with Gasteiger partial charge in [-0.1, -0.05) is 18.2 Å². The van der Waals surface area contributed by atoms with Crippen molar-refractivity contribution in [3.63, 3.8) is 0 Å². The molecule has 4 aromatic rings. The Bertz CT molecular complexity index is 1170. The van der Waals surface area contributed by atoms with Crippen molar-refractivity contribution >= 4 is 16.9 Å². The van der Waals surface area contributed by atoms with Gasteiger partial charge in [-0.3, -0.25) is 9.36 Å². The molecule has 0 radical (unpaired) electrons. The summed E-state index contributed by atoms with van der Waals surface area (Å²) in [6.45, 7) is 0.454. The Labute approximate surface area is 156 Å². The highest BCUT2D eigenvalue weighted by atomic mass is 16.1. The van der Waals surface area contributed by atoms with E-state index in [1.165, 1.54) is 0 Å². The predicted molar refractivity (Wildman–Crippen MR) is 107 cm³/mol. The minimum Gasteiger partial charge on any atom is -0.363 e. The molecule has 0 spiro atoms. The Morgan fingerprint density at radius 2 is 1.78 bits per heavy atom. The molecule has 6 nitrogen and oxygen atoms in total. The van der Waals surface area contributed by atoms with E-state index in [0.29, 0.717) is 17.6 Å². The Morgan fingerprint density at radius 1 is 0.926 bits per heavy atom. The van der Waals surface area contributed by atoms with Crippen LogP contribution in [0.15, 0.2) is 72.0 Å². The summed E-state index contributed by atoms with van der Waals surface area (Å²) in [4.78, 5) is 27.4. The minimum absolute atomic E-state index is 0.0858. The molecule has 4 rings (SSSR count). The molecule has 0 bridgehead atoms. The van der Waals surface area contributed by atoms with Crippen molar-refractivity contribution in [2.45, 2.75) is 6.54 Å². The molecular weight excluding hydrogens is 338 g/mol. The first-order chi connectivity index (χ1) is 13.1. The average Bonchev–Trinajstić information content (AvgIpc) is 2.71. The van der Waals surface area contributed by atoms with Gasteiger partial charge in [0.25, 0.3) is 5.56 Å². The fourth-order valence-electron chi connectivity index (χ4n) is 3.00. The van der Waals surface area contributed by atoms with Crippen molar-refractivity contribution in [3.05, 3.63) is 83.2 Å². The zero-order valence-corrected chi connectivity index (χ0v) is 15.2. The minimum atomic E-state index is -0.0858. The maximum Gasteiger partial charge on any atom is 0.263 e. The largest absolute Gasteiger partial charge is 0.363 e. The van der Waals surface area contributed by atoms with Crippen LogP contribution < -0.4 is 10.5 Å². The third kappa shape index (κ3) is 3.42. The van der Waals surface area contributed by atoms with Crippen molar-refractivity contribution in [3.8, 4) is 11.1 Å². The van der Waals surface area contributed by atoms with Crippen LogP contribution in [0.3, 0.4) is 0 Å².